The second kappa shape index (κ2) is 5.96. The fraction of sp³-hybridized carbons (Fsp3) is 0.588. The number of nitrogens with one attached hydrogen (secondary N) is 1. The van der Waals surface area contributed by atoms with E-state index in [1.165, 1.54) is 18.1 Å². The molecule has 1 aromatic heterocycles. The number of aryl methyl sites for hydroxylation is 1. The number of carbonyl (C=O) groups excluding carboxylic acids is 3. The van der Waals surface area contributed by atoms with Gasteiger partial charge in [-0.05, 0) is 31.7 Å². The van der Waals surface area contributed by atoms with E-state index in [1.54, 1.807) is 6.92 Å². The summed E-state index contributed by atoms with van der Waals surface area (Å²) in [4.78, 5) is 38.1. The number of methoxy groups -OCH3 is 1. The van der Waals surface area contributed by atoms with Gasteiger partial charge < -0.3 is 14.5 Å². The monoisotopic (exact) mass is 334 g/mol. The molecule has 130 valence electrons. The molecule has 0 aromatic carbocycles. The number of nitrogens with zero attached hydrogens (tertiary/aromatic N) is 1. The van der Waals surface area contributed by atoms with E-state index >= 15 is 0 Å². The van der Waals surface area contributed by atoms with Crippen molar-refractivity contribution >= 4 is 17.9 Å². The second-order valence-corrected chi connectivity index (χ2v) is 6.61. The number of urea groups is 1. The van der Waals surface area contributed by atoms with E-state index in [0.717, 1.165) is 19.3 Å². The van der Waals surface area contributed by atoms with Crippen LogP contribution >= 0.6 is 0 Å². The molecule has 0 unspecified atom stereocenters. The van der Waals surface area contributed by atoms with Crippen molar-refractivity contribution in [3.63, 3.8) is 0 Å². The van der Waals surface area contributed by atoms with Crippen LogP contribution in [0.5, 0.6) is 0 Å². The molecule has 3 rings (SSSR count). The fourth-order valence-electron chi connectivity index (χ4n) is 3.73. The Morgan fingerprint density at radius 1 is 1.46 bits per heavy atom. The number of amides is 3. The lowest BCUT2D eigenvalue weighted by Gasteiger charge is -2.36. The molecule has 1 spiro atoms. The molecule has 1 aliphatic carbocycles. The van der Waals surface area contributed by atoms with E-state index in [-0.39, 0.29) is 18.4 Å². The fourth-order valence-corrected chi connectivity index (χ4v) is 3.73. The molecular formula is C17H22N2O5. The first kappa shape index (κ1) is 16.5. The van der Waals surface area contributed by atoms with Gasteiger partial charge in [-0.15, -0.1) is 0 Å². The Bertz CT molecular complexity index is 695. The van der Waals surface area contributed by atoms with E-state index < -0.39 is 17.5 Å². The number of imide groups is 1. The molecule has 7 nitrogen and oxygen atoms in total. The number of ether oxygens (including phenoxy) is 1. The van der Waals surface area contributed by atoms with Crippen LogP contribution in [0.2, 0.25) is 0 Å². The summed E-state index contributed by atoms with van der Waals surface area (Å²) in [5, 5.41) is 2.90. The first-order valence-corrected chi connectivity index (χ1v) is 8.21. The van der Waals surface area contributed by atoms with Crippen molar-refractivity contribution in [1.82, 2.24) is 10.2 Å². The summed E-state index contributed by atoms with van der Waals surface area (Å²) in [6.07, 6.45) is 3.59. The maximum Gasteiger partial charge on any atom is 0.341 e. The Morgan fingerprint density at radius 3 is 2.88 bits per heavy atom. The number of furan rings is 1. The highest BCUT2D eigenvalue weighted by atomic mass is 16.5. The number of hydrogen-bond donors (Lipinski definition) is 1. The summed E-state index contributed by atoms with van der Waals surface area (Å²) >= 11 is 0. The summed E-state index contributed by atoms with van der Waals surface area (Å²) < 4.78 is 10.2. The van der Waals surface area contributed by atoms with E-state index in [4.69, 9.17) is 4.42 Å². The van der Waals surface area contributed by atoms with Gasteiger partial charge in [0.05, 0.1) is 13.7 Å². The zero-order valence-corrected chi connectivity index (χ0v) is 14.2. The molecule has 1 aliphatic heterocycles. The molecular weight excluding hydrogens is 312 g/mol. The van der Waals surface area contributed by atoms with E-state index in [2.05, 4.69) is 10.1 Å². The SMILES string of the molecule is COC(=O)c1cc(CN2C(=O)N[C@@]3(CCCC[C@@H]3C)C2=O)oc1C. The summed E-state index contributed by atoms with van der Waals surface area (Å²) in [5.74, 6) is 0.198. The molecule has 2 atom stereocenters. The van der Waals surface area contributed by atoms with Crippen LogP contribution in [0.4, 0.5) is 4.79 Å². The van der Waals surface area contributed by atoms with Crippen molar-refractivity contribution in [1.29, 1.82) is 0 Å². The number of hydrogen-bond acceptors (Lipinski definition) is 5. The van der Waals surface area contributed by atoms with Gasteiger partial charge in [0.25, 0.3) is 5.91 Å². The second-order valence-electron chi connectivity index (χ2n) is 6.61. The Kier molecular flexibility index (Phi) is 4.11. The molecule has 24 heavy (non-hydrogen) atoms. The van der Waals surface area contributed by atoms with Crippen LogP contribution in [0, 0.1) is 12.8 Å². The lowest BCUT2D eigenvalue weighted by molar-refractivity contribution is -0.134. The molecule has 2 fully saturated rings. The van der Waals surface area contributed by atoms with Crippen LogP contribution in [-0.2, 0) is 16.1 Å². The van der Waals surface area contributed by atoms with Crippen LogP contribution < -0.4 is 5.32 Å². The maximum absolute atomic E-state index is 12.9. The van der Waals surface area contributed by atoms with Gasteiger partial charge in [-0.3, -0.25) is 9.69 Å². The normalized spacial score (nSPS) is 26.8. The Labute approximate surface area is 140 Å². The molecule has 7 heteroatoms. The van der Waals surface area contributed by atoms with Crippen molar-refractivity contribution in [3.05, 3.63) is 23.2 Å². The smallest absolute Gasteiger partial charge is 0.341 e. The lowest BCUT2D eigenvalue weighted by Crippen LogP contribution is -2.53. The molecule has 3 amide bonds. The van der Waals surface area contributed by atoms with Gasteiger partial charge in [-0.2, -0.15) is 0 Å². The molecule has 1 aromatic rings. The molecule has 2 heterocycles. The van der Waals surface area contributed by atoms with Crippen LogP contribution in [-0.4, -0.2) is 35.5 Å². The largest absolute Gasteiger partial charge is 0.465 e. The number of carbonyl (C=O) groups is 3. The van der Waals surface area contributed by atoms with Gasteiger partial charge >= 0.3 is 12.0 Å². The zero-order valence-electron chi connectivity index (χ0n) is 14.2. The predicted molar refractivity (Wildman–Crippen MR) is 84.2 cm³/mol. The van der Waals surface area contributed by atoms with Gasteiger partial charge in [0, 0.05) is 0 Å². The quantitative estimate of drug-likeness (QED) is 0.677. The highest BCUT2D eigenvalue weighted by molar-refractivity contribution is 6.07. The Hall–Kier alpha value is -2.31. The lowest BCUT2D eigenvalue weighted by atomic mass is 9.73. The van der Waals surface area contributed by atoms with Crippen LogP contribution in [0.3, 0.4) is 0 Å². The van der Waals surface area contributed by atoms with Gasteiger partial charge in [-0.25, -0.2) is 9.59 Å². The van der Waals surface area contributed by atoms with Gasteiger partial charge in [0.2, 0.25) is 0 Å². The highest BCUT2D eigenvalue weighted by Gasteiger charge is 2.54. The van der Waals surface area contributed by atoms with Crippen LogP contribution in [0.1, 0.15) is 54.5 Å². The summed E-state index contributed by atoms with van der Waals surface area (Å²) in [7, 11) is 1.29. The van der Waals surface area contributed by atoms with Crippen molar-refractivity contribution in [2.45, 2.75) is 51.6 Å². The van der Waals surface area contributed by atoms with E-state index in [9.17, 15) is 14.4 Å². The van der Waals surface area contributed by atoms with Crippen LogP contribution in [0.25, 0.3) is 0 Å². The van der Waals surface area contributed by atoms with Crippen molar-refractivity contribution in [3.8, 4) is 0 Å². The minimum absolute atomic E-state index is 0.0109. The highest BCUT2D eigenvalue weighted by Crippen LogP contribution is 2.38. The van der Waals surface area contributed by atoms with Gasteiger partial charge in [0.1, 0.15) is 22.6 Å². The third-order valence-electron chi connectivity index (χ3n) is 5.19. The molecule has 0 bridgehead atoms. The van der Waals surface area contributed by atoms with Crippen molar-refractivity contribution in [2.75, 3.05) is 7.11 Å². The first-order valence-electron chi connectivity index (χ1n) is 8.21. The van der Waals surface area contributed by atoms with Gasteiger partial charge in [-0.1, -0.05) is 19.8 Å². The van der Waals surface area contributed by atoms with Crippen LogP contribution in [0.15, 0.2) is 10.5 Å². The molecule has 1 saturated heterocycles. The molecule has 2 aliphatic rings. The average Bonchev–Trinajstić information content (AvgIpc) is 3.03. The van der Waals surface area contributed by atoms with Crippen molar-refractivity contribution < 1.29 is 23.5 Å². The topological polar surface area (TPSA) is 88.9 Å². The zero-order chi connectivity index (χ0) is 17.5. The van der Waals surface area contributed by atoms with E-state index in [0.29, 0.717) is 23.5 Å². The number of rotatable bonds is 3. The maximum atomic E-state index is 12.9. The Morgan fingerprint density at radius 2 is 2.21 bits per heavy atom. The first-order chi connectivity index (χ1) is 11.4. The summed E-state index contributed by atoms with van der Waals surface area (Å²) in [5.41, 5.74) is -0.484. The van der Waals surface area contributed by atoms with Crippen molar-refractivity contribution in [2.24, 2.45) is 5.92 Å². The van der Waals surface area contributed by atoms with Gasteiger partial charge in [0.15, 0.2) is 0 Å². The Balaban J connectivity index is 1.82. The minimum atomic E-state index is -0.790. The summed E-state index contributed by atoms with van der Waals surface area (Å²) in [6, 6.07) is 1.12. The third kappa shape index (κ3) is 2.48. The third-order valence-corrected chi connectivity index (χ3v) is 5.19. The average molecular weight is 334 g/mol. The predicted octanol–water partition coefficient (Wildman–Crippen LogP) is 2.38. The summed E-state index contributed by atoms with van der Waals surface area (Å²) in [6.45, 7) is 3.66. The molecule has 0 radical (unpaired) electrons. The number of esters is 1. The van der Waals surface area contributed by atoms with E-state index in [1.807, 2.05) is 6.92 Å². The molecule has 1 saturated carbocycles. The standard InChI is InChI=1S/C17H22N2O5/c1-10-6-4-5-7-17(10)15(21)19(16(22)18-17)9-12-8-13(11(2)24-12)14(20)23-3/h8,10H,4-7,9H2,1-3H3,(H,18,22)/t10-,17+/m0/s1. The molecule has 1 N–H and O–H groups in total. The minimum Gasteiger partial charge on any atom is -0.465 e.